The van der Waals surface area contributed by atoms with Gasteiger partial charge in [-0.15, -0.1) is 13.2 Å². The molecule has 37 heavy (non-hydrogen) atoms. The van der Waals surface area contributed by atoms with Gasteiger partial charge in [-0.1, -0.05) is 97.8 Å². The van der Waals surface area contributed by atoms with Crippen LogP contribution in [0.4, 0.5) is 0 Å². The van der Waals surface area contributed by atoms with Crippen LogP contribution >= 0.6 is 0 Å². The highest BCUT2D eigenvalue weighted by Crippen LogP contribution is 2.16. The van der Waals surface area contributed by atoms with Gasteiger partial charge in [0, 0.05) is 23.9 Å². The smallest absolute Gasteiger partial charge is 0.160 e. The second-order valence-corrected chi connectivity index (χ2v) is 10.2. The molecule has 0 bridgehead atoms. The van der Waals surface area contributed by atoms with Crippen molar-refractivity contribution >= 4 is 12.4 Å². The normalized spacial score (nSPS) is 12.5. The van der Waals surface area contributed by atoms with Crippen molar-refractivity contribution in [2.75, 3.05) is 6.54 Å². The van der Waals surface area contributed by atoms with E-state index in [-0.39, 0.29) is 6.04 Å². The Hall–Kier alpha value is -2.86. The fraction of sp³-hybridized carbons (Fsp3) is 0.484. The second-order valence-electron chi connectivity index (χ2n) is 10.2. The summed E-state index contributed by atoms with van der Waals surface area (Å²) in [7, 11) is 0. The summed E-state index contributed by atoms with van der Waals surface area (Å²) in [5, 5.41) is 10.7. The number of nitrogens with one attached hydrogen (secondary N) is 4. The molecule has 0 heterocycles. The molecule has 6 N–H and O–H groups in total. The van der Waals surface area contributed by atoms with Crippen LogP contribution in [0.15, 0.2) is 80.3 Å². The number of aryl methyl sites for hydroxylation is 1. The first-order chi connectivity index (χ1) is 17.6. The Morgan fingerprint density at radius 2 is 1.65 bits per heavy atom. The van der Waals surface area contributed by atoms with Crippen LogP contribution in [0.1, 0.15) is 64.5 Å². The van der Waals surface area contributed by atoms with Crippen LogP contribution in [-0.4, -0.2) is 25.2 Å². The molecule has 6 heteroatoms. The lowest BCUT2D eigenvalue weighted by Gasteiger charge is -2.31. The van der Waals surface area contributed by atoms with Crippen molar-refractivity contribution in [3.63, 3.8) is 0 Å². The molecule has 0 saturated heterocycles. The molecule has 0 radical (unpaired) electrons. The third-order valence-corrected chi connectivity index (χ3v) is 6.20. The summed E-state index contributed by atoms with van der Waals surface area (Å²) < 4.78 is 0. The summed E-state index contributed by atoms with van der Waals surface area (Å²) >= 11 is 0. The van der Waals surface area contributed by atoms with Gasteiger partial charge in [-0.25, -0.2) is 0 Å². The molecule has 1 rings (SSSR count). The summed E-state index contributed by atoms with van der Waals surface area (Å²) in [6.07, 6.45) is 7.49. The number of hydrogen-bond donors (Lipinski definition) is 5. The fourth-order valence-corrected chi connectivity index (χ4v) is 3.95. The fourth-order valence-electron chi connectivity index (χ4n) is 3.95. The minimum absolute atomic E-state index is 0.0897. The number of nitrogens with two attached hydrogens (primary N) is 1. The topological polar surface area (TPSA) is 74.1 Å². The lowest BCUT2D eigenvalue weighted by atomic mass is 9.47. The molecule has 0 spiro atoms. The van der Waals surface area contributed by atoms with Gasteiger partial charge >= 0.3 is 0 Å². The van der Waals surface area contributed by atoms with E-state index in [0.29, 0.717) is 25.1 Å². The van der Waals surface area contributed by atoms with Crippen LogP contribution in [0.25, 0.3) is 5.70 Å². The molecule has 0 aliphatic heterocycles. The number of unbranched alkanes of at least 4 members (excludes halogenated alkanes) is 1. The maximum Gasteiger partial charge on any atom is 0.160 e. The average Bonchev–Trinajstić information content (AvgIpc) is 2.88. The molecule has 1 aromatic rings. The van der Waals surface area contributed by atoms with Crippen LogP contribution in [-0.2, 0) is 6.42 Å². The van der Waals surface area contributed by atoms with Crippen LogP contribution in [0.3, 0.4) is 0 Å². The zero-order chi connectivity index (χ0) is 28.4. The van der Waals surface area contributed by atoms with Gasteiger partial charge in [-0.05, 0) is 42.7 Å². The summed E-state index contributed by atoms with van der Waals surface area (Å²) in [6.45, 7) is 33.3. The van der Waals surface area contributed by atoms with Crippen LogP contribution in [0.5, 0.6) is 0 Å². The van der Waals surface area contributed by atoms with E-state index < -0.39 is 0 Å². The van der Waals surface area contributed by atoms with E-state index >= 15 is 0 Å². The van der Waals surface area contributed by atoms with E-state index in [2.05, 4.69) is 120 Å². The van der Waals surface area contributed by atoms with Gasteiger partial charge in [0.05, 0.1) is 17.4 Å². The lowest BCUT2D eigenvalue weighted by molar-refractivity contribution is 0.498. The van der Waals surface area contributed by atoms with E-state index in [0.717, 1.165) is 47.6 Å². The average molecular weight is 508 g/mol. The van der Waals surface area contributed by atoms with Crippen LogP contribution in [0.2, 0.25) is 13.6 Å². The third-order valence-electron chi connectivity index (χ3n) is 6.20. The monoisotopic (exact) mass is 507 g/mol. The Morgan fingerprint density at radius 3 is 2.14 bits per heavy atom. The summed E-state index contributed by atoms with van der Waals surface area (Å²) in [6, 6.07) is 8.61. The van der Waals surface area contributed by atoms with Gasteiger partial charge in [0.15, 0.2) is 6.71 Å². The largest absolute Gasteiger partial charge is 0.392 e. The maximum atomic E-state index is 5.69. The quantitative estimate of drug-likeness (QED) is 0.0520. The Bertz CT molecular complexity index is 842. The first-order valence-corrected chi connectivity index (χ1v) is 13.7. The van der Waals surface area contributed by atoms with Gasteiger partial charge in [-0.3, -0.25) is 5.84 Å². The van der Waals surface area contributed by atoms with Crippen molar-refractivity contribution in [2.45, 2.75) is 85.4 Å². The number of rotatable bonds is 18. The van der Waals surface area contributed by atoms with E-state index in [1.807, 2.05) is 6.08 Å². The molecule has 0 fully saturated rings. The number of allylic oxidation sites excluding steroid dienone is 1. The number of benzene rings is 1. The molecule has 1 aromatic carbocycles. The van der Waals surface area contributed by atoms with Gasteiger partial charge in [0.25, 0.3) is 0 Å². The molecule has 5 nitrogen and oxygen atoms in total. The minimum Gasteiger partial charge on any atom is -0.392 e. The van der Waals surface area contributed by atoms with E-state index in [9.17, 15) is 0 Å². The second kappa shape index (κ2) is 19.3. The maximum absolute atomic E-state index is 5.69. The minimum atomic E-state index is -0.0897. The van der Waals surface area contributed by atoms with Crippen molar-refractivity contribution in [3.8, 4) is 0 Å². The zero-order valence-corrected chi connectivity index (χ0v) is 24.6. The van der Waals surface area contributed by atoms with Crippen LogP contribution < -0.4 is 27.2 Å². The number of hydrogen-bond acceptors (Lipinski definition) is 5. The Labute approximate surface area is 228 Å². The molecule has 0 amide bonds. The molecular weight excluding hydrogens is 453 g/mol. The standard InChI is InChI=1S/C29H50BN5.C2H4/c1-10-12-14-25-15-17-26(18-16-25)22(5)33-28(20-32-23(6)27(35-31)13-11-2)24(7)34-29(30(8)9)19-21(3)4;1-2/h13,15-18,21,28-29,32-35H,5-7,10-12,14,19-20,31H2,1-4,8-9H3;1-2H2/b27-13-;/t28-,29?;/m0./s1. The highest BCUT2D eigenvalue weighted by atomic mass is 15.2. The SMILES string of the molecule is C=C.C=C(NC[C@H](NC(=C)c1ccc(CCCC)cc1)C(=C)NC(CC(C)C)B(C)C)/C(=C/CC)NN. The third kappa shape index (κ3) is 13.3. The summed E-state index contributed by atoms with van der Waals surface area (Å²) in [5.41, 5.74) is 8.54. The van der Waals surface area contributed by atoms with Crippen molar-refractivity contribution in [2.24, 2.45) is 11.8 Å². The highest BCUT2D eigenvalue weighted by molar-refractivity contribution is 6.57. The van der Waals surface area contributed by atoms with Gasteiger partial charge in [-0.2, -0.15) is 0 Å². The zero-order valence-electron chi connectivity index (χ0n) is 24.6. The van der Waals surface area contributed by atoms with Crippen molar-refractivity contribution in [3.05, 3.63) is 91.5 Å². The van der Waals surface area contributed by atoms with E-state index in [1.54, 1.807) is 0 Å². The number of hydrazine groups is 1. The highest BCUT2D eigenvalue weighted by Gasteiger charge is 2.22. The first-order valence-electron chi connectivity index (χ1n) is 13.7. The van der Waals surface area contributed by atoms with Gasteiger partial charge < -0.3 is 21.4 Å². The molecule has 0 aromatic heterocycles. The van der Waals surface area contributed by atoms with Gasteiger partial charge in [0.1, 0.15) is 0 Å². The van der Waals surface area contributed by atoms with Crippen molar-refractivity contribution < 1.29 is 0 Å². The molecule has 0 saturated carbocycles. The molecule has 0 aliphatic carbocycles. The molecule has 1 unspecified atom stereocenters. The predicted octanol–water partition coefficient (Wildman–Crippen LogP) is 6.43. The molecule has 0 aliphatic rings. The molecule has 2 atom stereocenters. The molecule has 206 valence electrons. The summed E-state index contributed by atoms with van der Waals surface area (Å²) in [5.74, 6) is 6.64. The summed E-state index contributed by atoms with van der Waals surface area (Å²) in [4.78, 5) is 0. The van der Waals surface area contributed by atoms with Crippen molar-refractivity contribution in [1.82, 2.24) is 21.4 Å². The predicted molar refractivity (Wildman–Crippen MR) is 168 cm³/mol. The van der Waals surface area contributed by atoms with Gasteiger partial charge in [0.2, 0.25) is 0 Å². The van der Waals surface area contributed by atoms with E-state index in [4.69, 9.17) is 5.84 Å². The Balaban J connectivity index is 0.00000631. The van der Waals surface area contributed by atoms with Crippen LogP contribution in [0, 0.1) is 5.92 Å². The first kappa shape index (κ1) is 34.1. The Morgan fingerprint density at radius 1 is 1.03 bits per heavy atom. The molecular formula is C31H54BN5. The lowest BCUT2D eigenvalue weighted by Crippen LogP contribution is -2.48. The van der Waals surface area contributed by atoms with E-state index in [1.165, 1.54) is 18.4 Å². The Kier molecular flexibility index (Phi) is 17.8. The van der Waals surface area contributed by atoms with Crippen molar-refractivity contribution in [1.29, 1.82) is 0 Å².